The van der Waals surface area contributed by atoms with Crippen LogP contribution in [0.5, 0.6) is 0 Å². The number of aromatic nitrogens is 3. The summed E-state index contributed by atoms with van der Waals surface area (Å²) in [6.45, 7) is 0. The Hall–Kier alpha value is -2.89. The Balaban J connectivity index is 2.19. The summed E-state index contributed by atoms with van der Waals surface area (Å²) in [5.41, 5.74) is 1.61. The van der Waals surface area contributed by atoms with Crippen LogP contribution in [0.2, 0.25) is 0 Å². The molecule has 0 bridgehead atoms. The maximum atomic E-state index is 11.5. The van der Waals surface area contributed by atoms with Crippen molar-refractivity contribution >= 4 is 5.97 Å². The Morgan fingerprint density at radius 1 is 1.25 bits per heavy atom. The third-order valence-corrected chi connectivity index (χ3v) is 2.92. The number of aromatic carboxylic acids is 1. The second kappa shape index (κ2) is 4.65. The van der Waals surface area contributed by atoms with E-state index >= 15 is 0 Å². The molecule has 3 rings (SSSR count). The maximum absolute atomic E-state index is 11.5. The van der Waals surface area contributed by atoms with Crippen LogP contribution in [0.25, 0.3) is 22.6 Å². The van der Waals surface area contributed by atoms with E-state index in [2.05, 4.69) is 10.3 Å². The highest BCUT2D eigenvalue weighted by Crippen LogP contribution is 2.31. The van der Waals surface area contributed by atoms with Crippen molar-refractivity contribution in [1.82, 2.24) is 14.9 Å². The first-order valence-electron chi connectivity index (χ1n) is 5.94. The van der Waals surface area contributed by atoms with Gasteiger partial charge in [0.1, 0.15) is 11.3 Å². The molecule has 6 heteroatoms. The molecule has 20 heavy (non-hydrogen) atoms. The molecule has 0 aliphatic rings. The summed E-state index contributed by atoms with van der Waals surface area (Å²) in [6, 6.07) is 9.03. The minimum atomic E-state index is -1.08. The van der Waals surface area contributed by atoms with Gasteiger partial charge in [0.25, 0.3) is 0 Å². The van der Waals surface area contributed by atoms with Crippen molar-refractivity contribution in [2.75, 3.05) is 0 Å². The highest BCUT2D eigenvalue weighted by molar-refractivity contribution is 6.00. The zero-order valence-electron chi connectivity index (χ0n) is 10.6. The number of aryl methyl sites for hydroxylation is 1. The summed E-state index contributed by atoms with van der Waals surface area (Å²) in [7, 11) is 1.75. The minimum absolute atomic E-state index is 0.0456. The first-order valence-corrected chi connectivity index (χ1v) is 5.94. The van der Waals surface area contributed by atoms with E-state index in [4.69, 9.17) is 4.52 Å². The summed E-state index contributed by atoms with van der Waals surface area (Å²) >= 11 is 0. The van der Waals surface area contributed by atoms with Gasteiger partial charge in [-0.3, -0.25) is 4.68 Å². The van der Waals surface area contributed by atoms with Gasteiger partial charge in [-0.15, -0.1) is 0 Å². The molecule has 0 aliphatic heterocycles. The summed E-state index contributed by atoms with van der Waals surface area (Å²) < 4.78 is 6.82. The molecule has 100 valence electrons. The van der Waals surface area contributed by atoms with Crippen molar-refractivity contribution < 1.29 is 14.4 Å². The SMILES string of the molecule is Cn1cc(-c2noc(-c3ccccc3)c2C(=O)O)cn1. The van der Waals surface area contributed by atoms with Crippen LogP contribution in [0.3, 0.4) is 0 Å². The van der Waals surface area contributed by atoms with Gasteiger partial charge in [-0.2, -0.15) is 5.10 Å². The van der Waals surface area contributed by atoms with Gasteiger partial charge in [0, 0.05) is 24.4 Å². The Morgan fingerprint density at radius 3 is 2.60 bits per heavy atom. The predicted octanol–water partition coefficient (Wildman–Crippen LogP) is 2.44. The van der Waals surface area contributed by atoms with Gasteiger partial charge in [-0.25, -0.2) is 4.79 Å². The molecule has 0 unspecified atom stereocenters. The average Bonchev–Trinajstić information content (AvgIpc) is 3.05. The van der Waals surface area contributed by atoms with Gasteiger partial charge in [0.15, 0.2) is 5.76 Å². The number of carbonyl (C=O) groups is 1. The Kier molecular flexibility index (Phi) is 2.83. The van der Waals surface area contributed by atoms with Crippen LogP contribution in [0.15, 0.2) is 47.2 Å². The van der Waals surface area contributed by atoms with Crippen LogP contribution in [0.4, 0.5) is 0 Å². The highest BCUT2D eigenvalue weighted by Gasteiger charge is 2.25. The lowest BCUT2D eigenvalue weighted by molar-refractivity contribution is 0.0698. The number of hydrogen-bond acceptors (Lipinski definition) is 4. The normalized spacial score (nSPS) is 10.7. The fourth-order valence-electron chi connectivity index (χ4n) is 2.02. The van der Waals surface area contributed by atoms with Crippen molar-refractivity contribution in [3.05, 3.63) is 48.3 Å². The summed E-state index contributed by atoms with van der Waals surface area (Å²) in [5.74, 6) is -0.832. The maximum Gasteiger partial charge on any atom is 0.342 e. The van der Waals surface area contributed by atoms with Crippen LogP contribution >= 0.6 is 0 Å². The lowest BCUT2D eigenvalue weighted by atomic mass is 10.0. The number of carboxylic acid groups (broad SMARTS) is 1. The monoisotopic (exact) mass is 269 g/mol. The molecule has 0 radical (unpaired) electrons. The summed E-state index contributed by atoms with van der Waals surface area (Å²) in [5, 5.41) is 17.3. The number of rotatable bonds is 3. The third kappa shape index (κ3) is 1.97. The van der Waals surface area contributed by atoms with E-state index in [0.717, 1.165) is 0 Å². The van der Waals surface area contributed by atoms with Crippen molar-refractivity contribution in [2.45, 2.75) is 0 Å². The number of benzene rings is 1. The molecule has 0 spiro atoms. The fraction of sp³-hybridized carbons (Fsp3) is 0.0714. The van der Waals surface area contributed by atoms with Gasteiger partial charge in [0.05, 0.1) is 6.20 Å². The van der Waals surface area contributed by atoms with Crippen LogP contribution < -0.4 is 0 Å². The second-order valence-corrected chi connectivity index (χ2v) is 4.31. The second-order valence-electron chi connectivity index (χ2n) is 4.31. The fourth-order valence-corrected chi connectivity index (χ4v) is 2.02. The zero-order valence-corrected chi connectivity index (χ0v) is 10.6. The van der Waals surface area contributed by atoms with Crippen molar-refractivity contribution in [3.8, 4) is 22.6 Å². The highest BCUT2D eigenvalue weighted by atomic mass is 16.5. The first-order chi connectivity index (χ1) is 9.66. The minimum Gasteiger partial charge on any atom is -0.477 e. The number of hydrogen-bond donors (Lipinski definition) is 1. The molecule has 0 saturated carbocycles. The van der Waals surface area contributed by atoms with E-state index in [-0.39, 0.29) is 17.0 Å². The van der Waals surface area contributed by atoms with Gasteiger partial charge in [0.2, 0.25) is 0 Å². The lowest BCUT2D eigenvalue weighted by Gasteiger charge is -1.98. The van der Waals surface area contributed by atoms with E-state index in [1.165, 1.54) is 0 Å². The zero-order chi connectivity index (χ0) is 14.1. The summed E-state index contributed by atoms with van der Waals surface area (Å²) in [6.07, 6.45) is 3.25. The molecule has 0 saturated heterocycles. The van der Waals surface area contributed by atoms with Gasteiger partial charge in [-0.05, 0) is 0 Å². The first kappa shape index (κ1) is 12.2. The molecule has 2 aromatic heterocycles. The van der Waals surface area contributed by atoms with E-state index in [1.54, 1.807) is 36.3 Å². The molecule has 1 aromatic carbocycles. The molecule has 2 heterocycles. The molecule has 3 aromatic rings. The molecule has 0 amide bonds. The Labute approximate surface area is 114 Å². The topological polar surface area (TPSA) is 81.2 Å². The van der Waals surface area contributed by atoms with Crippen LogP contribution in [-0.2, 0) is 7.05 Å². The van der Waals surface area contributed by atoms with Crippen LogP contribution in [0.1, 0.15) is 10.4 Å². The molecule has 0 fully saturated rings. The molecule has 0 atom stereocenters. The number of nitrogens with zero attached hydrogens (tertiary/aromatic N) is 3. The molecule has 6 nitrogen and oxygen atoms in total. The molecular formula is C14H11N3O3. The van der Waals surface area contributed by atoms with Gasteiger partial charge in [-0.1, -0.05) is 35.5 Å². The smallest absolute Gasteiger partial charge is 0.342 e. The van der Waals surface area contributed by atoms with E-state index in [9.17, 15) is 9.90 Å². The lowest BCUT2D eigenvalue weighted by Crippen LogP contribution is -1.99. The number of carboxylic acids is 1. The van der Waals surface area contributed by atoms with Crippen molar-refractivity contribution in [2.24, 2.45) is 7.05 Å². The van der Waals surface area contributed by atoms with Gasteiger partial charge >= 0.3 is 5.97 Å². The third-order valence-electron chi connectivity index (χ3n) is 2.92. The molecule has 0 aliphatic carbocycles. The summed E-state index contributed by atoms with van der Waals surface area (Å²) in [4.78, 5) is 11.5. The molecule has 1 N–H and O–H groups in total. The van der Waals surface area contributed by atoms with E-state index < -0.39 is 5.97 Å². The van der Waals surface area contributed by atoms with E-state index in [0.29, 0.717) is 11.1 Å². The standard InChI is InChI=1S/C14H11N3O3/c1-17-8-10(7-15-17)12-11(14(18)19)13(20-16-12)9-5-3-2-4-6-9/h2-8H,1H3,(H,18,19). The van der Waals surface area contributed by atoms with Crippen LogP contribution in [-0.4, -0.2) is 26.0 Å². The Morgan fingerprint density at radius 2 is 2.00 bits per heavy atom. The predicted molar refractivity (Wildman–Crippen MR) is 71.1 cm³/mol. The average molecular weight is 269 g/mol. The van der Waals surface area contributed by atoms with E-state index in [1.807, 2.05) is 18.2 Å². The van der Waals surface area contributed by atoms with Crippen molar-refractivity contribution in [1.29, 1.82) is 0 Å². The Bertz CT molecular complexity index is 759. The quantitative estimate of drug-likeness (QED) is 0.789. The van der Waals surface area contributed by atoms with Crippen molar-refractivity contribution in [3.63, 3.8) is 0 Å². The largest absolute Gasteiger partial charge is 0.477 e. The molecular weight excluding hydrogens is 258 g/mol. The van der Waals surface area contributed by atoms with Crippen LogP contribution in [0, 0.1) is 0 Å². The van der Waals surface area contributed by atoms with Gasteiger partial charge < -0.3 is 9.63 Å².